The second-order valence-electron chi connectivity index (χ2n) is 6.92. The Hall–Kier alpha value is -2.71. The van der Waals surface area contributed by atoms with Crippen molar-refractivity contribution in [3.05, 3.63) is 60.2 Å². The van der Waals surface area contributed by atoms with Gasteiger partial charge in [0.2, 0.25) is 5.91 Å². The van der Waals surface area contributed by atoms with E-state index < -0.39 is 0 Å². The van der Waals surface area contributed by atoms with E-state index in [1.54, 1.807) is 18.2 Å². The molecule has 6 nitrogen and oxygen atoms in total. The van der Waals surface area contributed by atoms with E-state index in [-0.39, 0.29) is 17.5 Å². The van der Waals surface area contributed by atoms with Crippen LogP contribution < -0.4 is 5.73 Å². The molecule has 1 aliphatic rings. The number of para-hydroxylation sites is 1. The number of hydrogen-bond acceptors (Lipinski definition) is 6. The molecule has 0 saturated carbocycles. The van der Waals surface area contributed by atoms with Crippen LogP contribution in [0, 0.1) is 5.82 Å². The zero-order valence-corrected chi connectivity index (χ0v) is 16.7. The largest absolute Gasteiger partial charge is 0.383 e. The van der Waals surface area contributed by atoms with Crippen LogP contribution in [0.4, 0.5) is 10.2 Å². The number of anilines is 1. The van der Waals surface area contributed by atoms with E-state index in [4.69, 9.17) is 5.73 Å². The van der Waals surface area contributed by atoms with E-state index in [0.717, 1.165) is 24.0 Å². The maximum atomic E-state index is 13.7. The number of piperazine rings is 1. The van der Waals surface area contributed by atoms with Crippen molar-refractivity contribution in [1.29, 1.82) is 0 Å². The van der Waals surface area contributed by atoms with Crippen LogP contribution in [0.2, 0.25) is 0 Å². The molecule has 1 saturated heterocycles. The quantitative estimate of drug-likeness (QED) is 0.651. The number of carbonyl (C=O) groups is 1. The molecule has 0 bridgehead atoms. The molecule has 2 aromatic carbocycles. The Bertz CT molecular complexity index is 1020. The van der Waals surface area contributed by atoms with Crippen LogP contribution in [0.5, 0.6) is 0 Å². The maximum absolute atomic E-state index is 13.7. The van der Waals surface area contributed by atoms with Crippen LogP contribution in [0.3, 0.4) is 0 Å². The molecule has 1 fully saturated rings. The fourth-order valence-electron chi connectivity index (χ4n) is 3.37. The number of carbonyl (C=O) groups excluding carboxylic acids is 1. The van der Waals surface area contributed by atoms with Gasteiger partial charge in [0.1, 0.15) is 17.5 Å². The molecule has 29 heavy (non-hydrogen) atoms. The normalized spacial score (nSPS) is 15.0. The molecule has 0 atom stereocenters. The highest BCUT2D eigenvalue weighted by Crippen LogP contribution is 2.22. The Morgan fingerprint density at radius 2 is 1.76 bits per heavy atom. The van der Waals surface area contributed by atoms with Gasteiger partial charge in [0, 0.05) is 36.5 Å². The first kappa shape index (κ1) is 19.6. The number of nitrogen functional groups attached to an aromatic ring is 1. The Balaban J connectivity index is 1.30. The molecule has 1 amide bonds. The minimum absolute atomic E-state index is 0.0316. The number of halogens is 1. The topological polar surface area (TPSA) is 75.3 Å². The molecule has 1 aromatic heterocycles. The first-order chi connectivity index (χ1) is 14.1. The highest BCUT2D eigenvalue weighted by molar-refractivity contribution is 8.00. The number of aromatic nitrogens is 2. The summed E-state index contributed by atoms with van der Waals surface area (Å²) in [5.41, 5.74) is 6.91. The first-order valence-corrected chi connectivity index (χ1v) is 10.5. The SMILES string of the molecule is Nc1nc(CN2CCN(C(=O)CSc3ccccc3F)CC2)nc2ccccc12. The van der Waals surface area contributed by atoms with Crippen LogP contribution in [0.1, 0.15) is 5.82 Å². The van der Waals surface area contributed by atoms with Crippen molar-refractivity contribution in [2.75, 3.05) is 37.7 Å². The van der Waals surface area contributed by atoms with Crippen molar-refractivity contribution >= 4 is 34.4 Å². The molecule has 2 heterocycles. The molecule has 1 aliphatic heterocycles. The van der Waals surface area contributed by atoms with Gasteiger partial charge in [-0.05, 0) is 24.3 Å². The van der Waals surface area contributed by atoms with Gasteiger partial charge in [-0.1, -0.05) is 24.3 Å². The summed E-state index contributed by atoms with van der Waals surface area (Å²) in [5, 5.41) is 0.860. The van der Waals surface area contributed by atoms with Crippen molar-refractivity contribution in [2.24, 2.45) is 0 Å². The second kappa shape index (κ2) is 8.75. The number of fused-ring (bicyclic) bond motifs is 1. The molecule has 0 spiro atoms. The third-order valence-corrected chi connectivity index (χ3v) is 5.99. The Labute approximate surface area is 172 Å². The molecule has 150 valence electrons. The van der Waals surface area contributed by atoms with Gasteiger partial charge >= 0.3 is 0 Å². The second-order valence-corrected chi connectivity index (χ2v) is 7.94. The molecule has 0 aliphatic carbocycles. The lowest BCUT2D eigenvalue weighted by Crippen LogP contribution is -2.49. The van der Waals surface area contributed by atoms with E-state index in [0.29, 0.717) is 36.2 Å². The van der Waals surface area contributed by atoms with Gasteiger partial charge in [0.25, 0.3) is 0 Å². The third-order valence-electron chi connectivity index (χ3n) is 4.96. The number of rotatable bonds is 5. The average molecular weight is 412 g/mol. The molecule has 0 radical (unpaired) electrons. The van der Waals surface area contributed by atoms with Crippen molar-refractivity contribution < 1.29 is 9.18 Å². The van der Waals surface area contributed by atoms with Gasteiger partial charge in [0.05, 0.1) is 17.8 Å². The van der Waals surface area contributed by atoms with Crippen molar-refractivity contribution in [1.82, 2.24) is 19.8 Å². The van der Waals surface area contributed by atoms with Crippen LogP contribution in [-0.2, 0) is 11.3 Å². The molecule has 4 rings (SSSR count). The first-order valence-electron chi connectivity index (χ1n) is 9.49. The summed E-state index contributed by atoms with van der Waals surface area (Å²) >= 11 is 1.24. The van der Waals surface area contributed by atoms with Crippen molar-refractivity contribution in [2.45, 2.75) is 11.4 Å². The number of nitrogens with two attached hydrogens (primary N) is 1. The van der Waals surface area contributed by atoms with Gasteiger partial charge in [-0.15, -0.1) is 11.8 Å². The van der Waals surface area contributed by atoms with Crippen LogP contribution in [-0.4, -0.2) is 57.6 Å². The predicted molar refractivity (Wildman–Crippen MR) is 113 cm³/mol. The van der Waals surface area contributed by atoms with Crippen LogP contribution >= 0.6 is 11.8 Å². The maximum Gasteiger partial charge on any atom is 0.233 e. The van der Waals surface area contributed by atoms with E-state index in [1.165, 1.54) is 17.8 Å². The number of benzene rings is 2. The molecule has 3 aromatic rings. The van der Waals surface area contributed by atoms with E-state index >= 15 is 0 Å². The van der Waals surface area contributed by atoms with Gasteiger partial charge in [0.15, 0.2) is 0 Å². The summed E-state index contributed by atoms with van der Waals surface area (Å²) in [4.78, 5) is 26.0. The van der Waals surface area contributed by atoms with Gasteiger partial charge < -0.3 is 10.6 Å². The average Bonchev–Trinajstić information content (AvgIpc) is 2.73. The lowest BCUT2D eigenvalue weighted by molar-refractivity contribution is -0.130. The minimum Gasteiger partial charge on any atom is -0.383 e. The van der Waals surface area contributed by atoms with Crippen LogP contribution in [0.15, 0.2) is 53.4 Å². The summed E-state index contributed by atoms with van der Waals surface area (Å²) in [6.45, 7) is 3.36. The van der Waals surface area contributed by atoms with E-state index in [1.807, 2.05) is 29.2 Å². The summed E-state index contributed by atoms with van der Waals surface area (Å²) < 4.78 is 13.7. The van der Waals surface area contributed by atoms with Gasteiger partial charge in [-0.25, -0.2) is 14.4 Å². The van der Waals surface area contributed by atoms with Gasteiger partial charge in [-0.2, -0.15) is 0 Å². The third kappa shape index (κ3) is 4.65. The molecule has 0 unspecified atom stereocenters. The van der Waals surface area contributed by atoms with Crippen molar-refractivity contribution in [3.63, 3.8) is 0 Å². The Kier molecular flexibility index (Phi) is 5.92. The summed E-state index contributed by atoms with van der Waals surface area (Å²) in [6, 6.07) is 14.2. The smallest absolute Gasteiger partial charge is 0.233 e. The fraction of sp³-hybridized carbons (Fsp3) is 0.286. The Morgan fingerprint density at radius 3 is 2.55 bits per heavy atom. The van der Waals surface area contributed by atoms with Crippen molar-refractivity contribution in [3.8, 4) is 0 Å². The zero-order valence-electron chi connectivity index (χ0n) is 15.9. The molecular weight excluding hydrogens is 389 g/mol. The lowest BCUT2D eigenvalue weighted by Gasteiger charge is -2.34. The highest BCUT2D eigenvalue weighted by Gasteiger charge is 2.22. The monoisotopic (exact) mass is 411 g/mol. The lowest BCUT2D eigenvalue weighted by atomic mass is 10.2. The number of nitrogens with zero attached hydrogens (tertiary/aromatic N) is 4. The Morgan fingerprint density at radius 1 is 1.03 bits per heavy atom. The summed E-state index contributed by atoms with van der Waals surface area (Å²) in [7, 11) is 0. The number of amides is 1. The molecular formula is C21H22FN5OS. The minimum atomic E-state index is -0.287. The standard InChI is InChI=1S/C21H22FN5OS/c22-16-6-2-4-8-18(16)29-14-20(28)27-11-9-26(10-12-27)13-19-24-17-7-3-1-5-15(17)21(23)25-19/h1-8H,9-14H2,(H2,23,24,25). The van der Waals surface area contributed by atoms with E-state index in [9.17, 15) is 9.18 Å². The highest BCUT2D eigenvalue weighted by atomic mass is 32.2. The van der Waals surface area contributed by atoms with E-state index in [2.05, 4.69) is 14.9 Å². The van der Waals surface area contributed by atoms with Gasteiger partial charge in [-0.3, -0.25) is 9.69 Å². The number of hydrogen-bond donors (Lipinski definition) is 1. The zero-order chi connectivity index (χ0) is 20.2. The molecule has 8 heteroatoms. The fourth-order valence-corrected chi connectivity index (χ4v) is 4.21. The van der Waals surface area contributed by atoms with Crippen LogP contribution in [0.25, 0.3) is 10.9 Å². The summed E-state index contributed by atoms with van der Waals surface area (Å²) in [5.74, 6) is 1.17. The predicted octanol–water partition coefficient (Wildman–Crippen LogP) is 2.79. The summed E-state index contributed by atoms with van der Waals surface area (Å²) in [6.07, 6.45) is 0. The molecule has 2 N–H and O–H groups in total. The number of thioether (sulfide) groups is 1.